The first-order chi connectivity index (χ1) is 13.2. The number of aliphatic hydroxyl groups excluding tert-OH is 2. The van der Waals surface area contributed by atoms with Crippen LogP contribution in [0.25, 0.3) is 0 Å². The summed E-state index contributed by atoms with van der Waals surface area (Å²) < 4.78 is 0. The Morgan fingerprint density at radius 2 is 1.96 bits per heavy atom. The summed E-state index contributed by atoms with van der Waals surface area (Å²) in [5, 5.41) is 29.9. The van der Waals surface area contributed by atoms with Gasteiger partial charge in [0.1, 0.15) is 5.78 Å². The summed E-state index contributed by atoms with van der Waals surface area (Å²) in [5.41, 5.74) is -0.149. The Balaban J connectivity index is 1.82. The van der Waals surface area contributed by atoms with E-state index in [1.54, 1.807) is 0 Å². The van der Waals surface area contributed by atoms with Crippen LogP contribution in [0.2, 0.25) is 0 Å². The van der Waals surface area contributed by atoms with Gasteiger partial charge in [0.05, 0.1) is 18.1 Å². The molecule has 3 N–H and O–H groups in total. The lowest BCUT2D eigenvalue weighted by Crippen LogP contribution is -2.31. The fourth-order valence-electron chi connectivity index (χ4n) is 4.58. The first kappa shape index (κ1) is 23.1. The molecule has 0 aromatic rings. The topological polar surface area (TPSA) is 94.8 Å². The van der Waals surface area contributed by atoms with Crippen molar-refractivity contribution in [3.05, 3.63) is 12.2 Å². The first-order valence-corrected chi connectivity index (χ1v) is 10.9. The minimum Gasteiger partial charge on any atom is -0.481 e. The van der Waals surface area contributed by atoms with Crippen molar-refractivity contribution in [3.8, 4) is 0 Å². The van der Waals surface area contributed by atoms with E-state index in [2.05, 4.69) is 20.8 Å². The number of carboxylic acids is 1. The van der Waals surface area contributed by atoms with Crippen molar-refractivity contribution in [1.29, 1.82) is 0 Å². The predicted octanol–water partition coefficient (Wildman–Crippen LogP) is 3.97. The van der Waals surface area contributed by atoms with E-state index in [0.717, 1.165) is 32.1 Å². The highest BCUT2D eigenvalue weighted by Crippen LogP contribution is 2.42. The minimum atomic E-state index is -0.715. The van der Waals surface area contributed by atoms with Crippen LogP contribution in [0.5, 0.6) is 0 Å². The van der Waals surface area contributed by atoms with Gasteiger partial charge in [-0.2, -0.15) is 0 Å². The highest BCUT2D eigenvalue weighted by Gasteiger charge is 2.43. The molecule has 2 fully saturated rings. The Morgan fingerprint density at radius 3 is 2.57 bits per heavy atom. The minimum absolute atomic E-state index is 0.0959. The van der Waals surface area contributed by atoms with Gasteiger partial charge in [-0.05, 0) is 55.8 Å². The number of hydrogen-bond acceptors (Lipinski definition) is 4. The van der Waals surface area contributed by atoms with E-state index in [0.29, 0.717) is 19.3 Å². The quantitative estimate of drug-likeness (QED) is 0.435. The fourth-order valence-corrected chi connectivity index (χ4v) is 4.58. The summed E-state index contributed by atoms with van der Waals surface area (Å²) in [5.74, 6) is -0.863. The molecule has 0 amide bonds. The number of aliphatic hydroxyl groups is 2. The van der Waals surface area contributed by atoms with Crippen molar-refractivity contribution < 1.29 is 24.9 Å². The Morgan fingerprint density at radius 1 is 1.29 bits per heavy atom. The Kier molecular flexibility index (Phi) is 8.26. The second kappa shape index (κ2) is 10.0. The third kappa shape index (κ3) is 6.15. The molecule has 0 saturated heterocycles. The number of carbonyl (C=O) groups is 2. The van der Waals surface area contributed by atoms with Crippen LogP contribution in [0.15, 0.2) is 12.2 Å². The molecular formula is C23H38O5. The third-order valence-corrected chi connectivity index (χ3v) is 6.92. The van der Waals surface area contributed by atoms with Crippen LogP contribution in [0.4, 0.5) is 0 Å². The molecule has 0 radical (unpaired) electrons. The van der Waals surface area contributed by atoms with E-state index >= 15 is 0 Å². The zero-order valence-electron chi connectivity index (χ0n) is 17.6. The van der Waals surface area contributed by atoms with Crippen LogP contribution < -0.4 is 0 Å². The maximum Gasteiger partial charge on any atom is 0.306 e. The van der Waals surface area contributed by atoms with Gasteiger partial charge in [0.2, 0.25) is 0 Å². The summed E-state index contributed by atoms with van der Waals surface area (Å²) in [6.07, 6.45) is 9.66. The molecule has 2 aliphatic rings. The van der Waals surface area contributed by atoms with Crippen LogP contribution in [0.1, 0.15) is 78.6 Å². The lowest BCUT2D eigenvalue weighted by molar-refractivity contribution is -0.138. The van der Waals surface area contributed by atoms with E-state index in [4.69, 9.17) is 5.11 Å². The van der Waals surface area contributed by atoms with Crippen molar-refractivity contribution in [2.45, 2.75) is 90.8 Å². The summed E-state index contributed by atoms with van der Waals surface area (Å²) >= 11 is 0. The molecule has 0 spiro atoms. The number of unbranched alkanes of at least 4 members (excludes halogenated alkanes) is 1. The molecule has 160 valence electrons. The number of Topliss-reactive ketones (excluding diaryl/α,β-unsaturated/α-hetero) is 1. The van der Waals surface area contributed by atoms with Crippen LogP contribution >= 0.6 is 0 Å². The van der Waals surface area contributed by atoms with Gasteiger partial charge in [0.25, 0.3) is 0 Å². The molecule has 0 bridgehead atoms. The Labute approximate surface area is 169 Å². The summed E-state index contributed by atoms with van der Waals surface area (Å²) in [4.78, 5) is 23.2. The SMILES string of the molecule is CCCCC(C)(C)[C@@H](O)CC[C@H]1[C@H](O)CC(=O)[C@@H]1C/C=C\C[C@@H]1C[C@H]1C(=O)O. The van der Waals surface area contributed by atoms with Crippen LogP contribution in [-0.2, 0) is 9.59 Å². The average Bonchev–Trinajstić information content (AvgIpc) is 3.35. The maximum atomic E-state index is 12.3. The molecule has 28 heavy (non-hydrogen) atoms. The second-order valence-electron chi connectivity index (χ2n) is 9.58. The smallest absolute Gasteiger partial charge is 0.306 e. The van der Waals surface area contributed by atoms with Crippen molar-refractivity contribution in [2.75, 3.05) is 0 Å². The average molecular weight is 395 g/mol. The van der Waals surface area contributed by atoms with Gasteiger partial charge in [0, 0.05) is 12.3 Å². The first-order valence-electron chi connectivity index (χ1n) is 10.9. The maximum absolute atomic E-state index is 12.3. The third-order valence-electron chi connectivity index (χ3n) is 6.92. The largest absolute Gasteiger partial charge is 0.481 e. The fraction of sp³-hybridized carbons (Fsp3) is 0.826. The number of carboxylic acid groups (broad SMARTS) is 1. The van der Waals surface area contributed by atoms with E-state index in [1.165, 1.54) is 0 Å². The number of hydrogen-bond donors (Lipinski definition) is 3. The Hall–Kier alpha value is -1.20. The number of carbonyl (C=O) groups excluding carboxylic acids is 1. The van der Waals surface area contributed by atoms with Gasteiger partial charge in [-0.15, -0.1) is 0 Å². The van der Waals surface area contributed by atoms with Crippen LogP contribution in [-0.4, -0.2) is 39.3 Å². The molecule has 0 aromatic carbocycles. The van der Waals surface area contributed by atoms with Crippen molar-refractivity contribution in [2.24, 2.45) is 29.1 Å². The number of aliphatic carboxylic acids is 1. The molecule has 0 unspecified atom stereocenters. The van der Waals surface area contributed by atoms with Crippen LogP contribution in [0, 0.1) is 29.1 Å². The Bertz CT molecular complexity index is 567. The van der Waals surface area contributed by atoms with Crippen molar-refractivity contribution in [3.63, 3.8) is 0 Å². The van der Waals surface area contributed by atoms with Gasteiger partial charge >= 0.3 is 5.97 Å². The van der Waals surface area contributed by atoms with Gasteiger partial charge in [0.15, 0.2) is 0 Å². The zero-order chi connectivity index (χ0) is 20.9. The highest BCUT2D eigenvalue weighted by atomic mass is 16.4. The number of allylic oxidation sites excluding steroid dienone is 2. The van der Waals surface area contributed by atoms with Crippen LogP contribution in [0.3, 0.4) is 0 Å². The number of ketones is 1. The summed E-state index contributed by atoms with van der Waals surface area (Å²) in [7, 11) is 0. The summed E-state index contributed by atoms with van der Waals surface area (Å²) in [6, 6.07) is 0. The van der Waals surface area contributed by atoms with Crippen molar-refractivity contribution in [1.82, 2.24) is 0 Å². The normalized spacial score (nSPS) is 31.5. The van der Waals surface area contributed by atoms with Crippen molar-refractivity contribution >= 4 is 11.8 Å². The molecule has 2 rings (SSSR count). The standard InChI is InChI=1S/C23H38O5/c1-4-5-12-23(2,3)21(26)11-10-17-16(19(24)14-20(17)25)9-7-6-8-15-13-18(15)22(27)28/h6-7,15-18,20-21,25-26H,4-5,8-14H2,1-3H3,(H,27,28)/b7-6-/t15-,16-,17-,18-,20-,21+/m1/s1. The van der Waals surface area contributed by atoms with Gasteiger partial charge in [-0.3, -0.25) is 9.59 Å². The molecule has 0 aliphatic heterocycles. The molecular weight excluding hydrogens is 356 g/mol. The second-order valence-corrected chi connectivity index (χ2v) is 9.58. The van der Waals surface area contributed by atoms with Gasteiger partial charge in [-0.1, -0.05) is 45.8 Å². The molecule has 2 aliphatic carbocycles. The van der Waals surface area contributed by atoms with E-state index < -0.39 is 18.2 Å². The zero-order valence-corrected chi connectivity index (χ0v) is 17.6. The lowest BCUT2D eigenvalue weighted by Gasteiger charge is -2.32. The van der Waals surface area contributed by atoms with E-state index in [-0.39, 0.29) is 41.3 Å². The molecule has 6 atom stereocenters. The monoisotopic (exact) mass is 394 g/mol. The molecule has 5 heteroatoms. The van der Waals surface area contributed by atoms with E-state index in [9.17, 15) is 19.8 Å². The van der Waals surface area contributed by atoms with E-state index in [1.807, 2.05) is 12.2 Å². The van der Waals surface area contributed by atoms with Gasteiger partial charge < -0.3 is 15.3 Å². The molecule has 0 heterocycles. The highest BCUT2D eigenvalue weighted by molar-refractivity contribution is 5.84. The predicted molar refractivity (Wildman–Crippen MR) is 109 cm³/mol. The molecule has 2 saturated carbocycles. The molecule has 5 nitrogen and oxygen atoms in total. The number of rotatable bonds is 12. The molecule has 0 aromatic heterocycles. The lowest BCUT2D eigenvalue weighted by atomic mass is 9.77. The summed E-state index contributed by atoms with van der Waals surface area (Å²) in [6.45, 7) is 6.32. The van der Waals surface area contributed by atoms with Gasteiger partial charge in [-0.25, -0.2) is 0 Å².